The van der Waals surface area contributed by atoms with E-state index in [0.717, 1.165) is 43.7 Å². The molecular formula is C18H28N2O3. The van der Waals surface area contributed by atoms with Crippen LogP contribution < -0.4 is 10.1 Å². The molecule has 1 saturated carbocycles. The number of amides is 1. The molecule has 0 bridgehead atoms. The summed E-state index contributed by atoms with van der Waals surface area (Å²) in [5.41, 5.74) is 0.135. The van der Waals surface area contributed by atoms with Gasteiger partial charge in [-0.05, 0) is 71.0 Å². The van der Waals surface area contributed by atoms with Gasteiger partial charge in [-0.1, -0.05) is 0 Å². The van der Waals surface area contributed by atoms with Crippen LogP contribution in [0.25, 0.3) is 0 Å². The predicted molar refractivity (Wildman–Crippen MR) is 91.9 cm³/mol. The molecule has 0 aliphatic heterocycles. The van der Waals surface area contributed by atoms with Crippen molar-refractivity contribution in [1.29, 1.82) is 0 Å². The monoisotopic (exact) mass is 320 g/mol. The molecule has 128 valence electrons. The number of anilines is 1. The molecule has 1 aromatic rings. The van der Waals surface area contributed by atoms with Gasteiger partial charge in [0.25, 0.3) is 5.91 Å². The molecular weight excluding hydrogens is 292 g/mol. The molecule has 1 N–H and O–H groups in total. The molecule has 1 fully saturated rings. The van der Waals surface area contributed by atoms with E-state index in [2.05, 4.69) is 10.2 Å². The second-order valence-electron chi connectivity index (χ2n) is 6.26. The maximum atomic E-state index is 12.6. The van der Waals surface area contributed by atoms with Gasteiger partial charge in [0.15, 0.2) is 0 Å². The Balaban J connectivity index is 1.91. The van der Waals surface area contributed by atoms with Crippen molar-refractivity contribution in [3.05, 3.63) is 24.3 Å². The van der Waals surface area contributed by atoms with Crippen molar-refractivity contribution in [2.45, 2.75) is 38.2 Å². The number of ether oxygens (including phenoxy) is 2. The number of carbonyl (C=O) groups excluding carboxylic acids is 1. The fourth-order valence-electron chi connectivity index (χ4n) is 2.88. The molecule has 0 spiro atoms. The molecule has 0 atom stereocenters. The first-order chi connectivity index (χ1) is 11.1. The Bertz CT molecular complexity index is 493. The molecule has 0 unspecified atom stereocenters. The molecule has 0 aromatic heterocycles. The molecule has 1 aliphatic rings. The van der Waals surface area contributed by atoms with E-state index >= 15 is 0 Å². The Hall–Kier alpha value is -1.59. The van der Waals surface area contributed by atoms with Crippen molar-refractivity contribution >= 4 is 11.6 Å². The van der Waals surface area contributed by atoms with Crippen LogP contribution in [0.15, 0.2) is 24.3 Å². The minimum absolute atomic E-state index is 0.0295. The van der Waals surface area contributed by atoms with Crippen molar-refractivity contribution in [3.63, 3.8) is 0 Å². The third-order valence-corrected chi connectivity index (χ3v) is 4.17. The molecule has 0 radical (unpaired) electrons. The normalized spacial score (nSPS) is 16.5. The Morgan fingerprint density at radius 3 is 2.43 bits per heavy atom. The second-order valence-corrected chi connectivity index (χ2v) is 6.26. The van der Waals surface area contributed by atoms with Crippen LogP contribution in [0.5, 0.6) is 5.75 Å². The molecule has 0 saturated heterocycles. The number of hydrogen-bond donors (Lipinski definition) is 1. The van der Waals surface area contributed by atoms with Gasteiger partial charge in [-0.25, -0.2) is 0 Å². The van der Waals surface area contributed by atoms with E-state index in [1.165, 1.54) is 0 Å². The van der Waals surface area contributed by atoms with Crippen molar-refractivity contribution < 1.29 is 14.3 Å². The molecule has 1 amide bonds. The lowest BCUT2D eigenvalue weighted by molar-refractivity contribution is -0.140. The summed E-state index contributed by atoms with van der Waals surface area (Å²) in [5.74, 6) is 0.781. The Labute approximate surface area is 139 Å². The van der Waals surface area contributed by atoms with Crippen LogP contribution in [0.3, 0.4) is 0 Å². The first-order valence-electron chi connectivity index (χ1n) is 8.39. The van der Waals surface area contributed by atoms with Crippen LogP contribution in [0, 0.1) is 0 Å². The summed E-state index contributed by atoms with van der Waals surface area (Å²) in [7, 11) is 4.03. The van der Waals surface area contributed by atoms with E-state index in [1.54, 1.807) is 0 Å². The summed E-state index contributed by atoms with van der Waals surface area (Å²) in [6.45, 7) is 4.01. The zero-order chi connectivity index (χ0) is 16.7. The van der Waals surface area contributed by atoms with E-state index in [9.17, 15) is 4.79 Å². The van der Waals surface area contributed by atoms with Crippen molar-refractivity contribution in [2.75, 3.05) is 39.2 Å². The van der Waals surface area contributed by atoms with E-state index in [-0.39, 0.29) is 5.91 Å². The minimum atomic E-state index is -0.643. The van der Waals surface area contributed by atoms with Crippen molar-refractivity contribution in [2.24, 2.45) is 0 Å². The standard InChI is InChI=1S/C18H28N2O3/c1-4-23-18(11-5-6-12-18)17(21)19-15-7-9-16(10-8-15)22-14-13-20(2)3/h7-10H,4-6,11-14H2,1-3H3,(H,19,21). The van der Waals surface area contributed by atoms with Gasteiger partial charge in [-0.2, -0.15) is 0 Å². The van der Waals surface area contributed by atoms with E-state index < -0.39 is 5.60 Å². The summed E-state index contributed by atoms with van der Waals surface area (Å²) in [6, 6.07) is 7.51. The van der Waals surface area contributed by atoms with Gasteiger partial charge in [0.05, 0.1) is 0 Å². The summed E-state index contributed by atoms with van der Waals surface area (Å²) < 4.78 is 11.4. The quantitative estimate of drug-likeness (QED) is 0.800. The first kappa shape index (κ1) is 17.8. The third-order valence-electron chi connectivity index (χ3n) is 4.17. The third kappa shape index (κ3) is 4.94. The lowest BCUT2D eigenvalue weighted by Gasteiger charge is -2.27. The molecule has 1 aliphatic carbocycles. The van der Waals surface area contributed by atoms with E-state index in [0.29, 0.717) is 13.2 Å². The molecule has 2 rings (SSSR count). The number of benzene rings is 1. The highest BCUT2D eigenvalue weighted by Crippen LogP contribution is 2.34. The zero-order valence-corrected chi connectivity index (χ0v) is 14.4. The fraction of sp³-hybridized carbons (Fsp3) is 0.611. The molecule has 5 heteroatoms. The fourth-order valence-corrected chi connectivity index (χ4v) is 2.88. The highest BCUT2D eigenvalue weighted by molar-refractivity contribution is 5.97. The smallest absolute Gasteiger partial charge is 0.256 e. The van der Waals surface area contributed by atoms with Crippen LogP contribution in [-0.2, 0) is 9.53 Å². The SMILES string of the molecule is CCOC1(C(=O)Nc2ccc(OCCN(C)C)cc2)CCCC1. The lowest BCUT2D eigenvalue weighted by Crippen LogP contribution is -2.43. The van der Waals surface area contributed by atoms with Gasteiger partial charge in [0.1, 0.15) is 18.0 Å². The van der Waals surface area contributed by atoms with Crippen LogP contribution in [-0.4, -0.2) is 50.3 Å². The van der Waals surface area contributed by atoms with E-state index in [4.69, 9.17) is 9.47 Å². The molecule has 5 nitrogen and oxygen atoms in total. The van der Waals surface area contributed by atoms with Crippen molar-refractivity contribution in [3.8, 4) is 5.75 Å². The van der Waals surface area contributed by atoms with Gasteiger partial charge in [0, 0.05) is 18.8 Å². The van der Waals surface area contributed by atoms with Crippen molar-refractivity contribution in [1.82, 2.24) is 4.90 Å². The number of likely N-dealkylation sites (N-methyl/N-ethyl adjacent to an activating group) is 1. The molecule has 0 heterocycles. The number of nitrogens with zero attached hydrogens (tertiary/aromatic N) is 1. The number of rotatable bonds is 8. The topological polar surface area (TPSA) is 50.8 Å². The molecule has 23 heavy (non-hydrogen) atoms. The average molecular weight is 320 g/mol. The summed E-state index contributed by atoms with van der Waals surface area (Å²) in [4.78, 5) is 14.7. The number of hydrogen-bond acceptors (Lipinski definition) is 4. The summed E-state index contributed by atoms with van der Waals surface area (Å²) in [5, 5.41) is 2.98. The number of nitrogens with one attached hydrogen (secondary N) is 1. The van der Waals surface area contributed by atoms with E-state index in [1.807, 2.05) is 45.3 Å². The van der Waals surface area contributed by atoms with Gasteiger partial charge in [-0.15, -0.1) is 0 Å². The predicted octanol–water partition coefficient (Wildman–Crippen LogP) is 2.91. The van der Waals surface area contributed by atoms with Crippen LogP contribution in [0.4, 0.5) is 5.69 Å². The number of carbonyl (C=O) groups is 1. The maximum absolute atomic E-state index is 12.6. The Morgan fingerprint density at radius 2 is 1.87 bits per heavy atom. The summed E-state index contributed by atoms with van der Waals surface area (Å²) >= 11 is 0. The highest BCUT2D eigenvalue weighted by atomic mass is 16.5. The van der Waals surface area contributed by atoms with Gasteiger partial charge >= 0.3 is 0 Å². The van der Waals surface area contributed by atoms with Gasteiger partial charge in [-0.3, -0.25) is 4.79 Å². The van der Waals surface area contributed by atoms with Gasteiger partial charge < -0.3 is 19.7 Å². The minimum Gasteiger partial charge on any atom is -0.492 e. The average Bonchev–Trinajstić information content (AvgIpc) is 2.99. The Kier molecular flexibility index (Phi) is 6.42. The van der Waals surface area contributed by atoms with Gasteiger partial charge in [0.2, 0.25) is 0 Å². The lowest BCUT2D eigenvalue weighted by atomic mass is 10.0. The van der Waals surface area contributed by atoms with Crippen LogP contribution in [0.2, 0.25) is 0 Å². The Morgan fingerprint density at radius 1 is 1.22 bits per heavy atom. The largest absolute Gasteiger partial charge is 0.492 e. The molecule has 1 aromatic carbocycles. The first-order valence-corrected chi connectivity index (χ1v) is 8.39. The zero-order valence-electron chi connectivity index (χ0n) is 14.4. The highest BCUT2D eigenvalue weighted by Gasteiger charge is 2.41. The summed E-state index contributed by atoms with van der Waals surface area (Å²) in [6.07, 6.45) is 3.70. The second kappa shape index (κ2) is 8.31. The maximum Gasteiger partial charge on any atom is 0.256 e. The van der Waals surface area contributed by atoms with Crippen LogP contribution in [0.1, 0.15) is 32.6 Å². The van der Waals surface area contributed by atoms with Crippen LogP contribution >= 0.6 is 0 Å².